The Balaban J connectivity index is 2.09. The molecule has 1 N–H and O–H groups in total. The summed E-state index contributed by atoms with van der Waals surface area (Å²) in [5, 5.41) is 3.10. The Hall–Kier alpha value is -1.16. The average Bonchev–Trinajstić information content (AvgIpc) is 3.14. The first kappa shape index (κ1) is 26.9. The first-order valence-electron chi connectivity index (χ1n) is 12.9. The van der Waals surface area contributed by atoms with Gasteiger partial charge in [-0.1, -0.05) is 76.9 Å². The van der Waals surface area contributed by atoms with Crippen LogP contribution in [0.2, 0.25) is 0 Å². The van der Waals surface area contributed by atoms with E-state index in [4.69, 9.17) is 4.99 Å². The fourth-order valence-corrected chi connectivity index (χ4v) is 4.76. The van der Waals surface area contributed by atoms with E-state index in [-0.39, 0.29) is 18.2 Å². The van der Waals surface area contributed by atoms with Gasteiger partial charge < -0.3 is 5.32 Å². The number of amides is 1. The van der Waals surface area contributed by atoms with Crippen molar-refractivity contribution in [3.63, 3.8) is 0 Å². The summed E-state index contributed by atoms with van der Waals surface area (Å²) in [6.45, 7) is 10.2. The summed E-state index contributed by atoms with van der Waals surface area (Å²) >= 11 is 0. The molecule has 1 aliphatic rings. The Labute approximate surface area is 187 Å². The topological polar surface area (TPSA) is 41.5 Å². The lowest BCUT2D eigenvalue weighted by atomic mass is 10.1. The fraction of sp³-hybridized carbons (Fsp3) is 0.846. The van der Waals surface area contributed by atoms with E-state index in [9.17, 15) is 4.79 Å². The third kappa shape index (κ3) is 10.2. The highest BCUT2D eigenvalue weighted by Crippen LogP contribution is 2.26. The van der Waals surface area contributed by atoms with Crippen LogP contribution in [0.5, 0.6) is 0 Å². The molecule has 30 heavy (non-hydrogen) atoms. The molecule has 0 saturated heterocycles. The first-order valence-corrected chi connectivity index (χ1v) is 12.9. The molecule has 1 aliphatic heterocycles. The summed E-state index contributed by atoms with van der Waals surface area (Å²) in [4.78, 5) is 16.3. The molecule has 0 aromatic carbocycles. The predicted molar refractivity (Wildman–Crippen MR) is 131 cm³/mol. The molecule has 0 bridgehead atoms. The Kier molecular flexibility index (Phi) is 14.8. The van der Waals surface area contributed by atoms with E-state index in [2.05, 4.69) is 44.5 Å². The molecular weight excluding hydrogens is 370 g/mol. The van der Waals surface area contributed by atoms with Crippen molar-refractivity contribution in [2.24, 2.45) is 4.99 Å². The van der Waals surface area contributed by atoms with Crippen LogP contribution in [0.15, 0.2) is 17.1 Å². The van der Waals surface area contributed by atoms with Gasteiger partial charge in [-0.15, -0.1) is 0 Å². The zero-order valence-corrected chi connectivity index (χ0v) is 20.5. The van der Waals surface area contributed by atoms with Crippen molar-refractivity contribution in [3.8, 4) is 0 Å². The number of hydrogen-bond acceptors (Lipinski definition) is 2. The van der Waals surface area contributed by atoms with E-state index < -0.39 is 0 Å². The third-order valence-electron chi connectivity index (χ3n) is 6.79. The molecule has 0 aromatic heterocycles. The number of carbonyl (C=O) groups is 1. The number of aliphatic imine (C=N–C) groups is 1. The van der Waals surface area contributed by atoms with Crippen LogP contribution in [0.1, 0.15) is 118 Å². The largest absolute Gasteiger partial charge is 0.307 e. The molecular formula is C26H50N3O+. The Morgan fingerprint density at radius 2 is 1.57 bits per heavy atom. The molecule has 0 fully saturated rings. The Bertz CT molecular complexity index is 503. The molecule has 0 spiro atoms. The molecule has 1 heterocycles. The van der Waals surface area contributed by atoms with Crippen molar-refractivity contribution in [1.29, 1.82) is 0 Å². The average molecular weight is 421 g/mol. The quantitative estimate of drug-likeness (QED) is 0.149. The van der Waals surface area contributed by atoms with E-state index in [1.54, 1.807) is 6.92 Å². The van der Waals surface area contributed by atoms with Gasteiger partial charge in [-0.3, -0.25) is 9.28 Å². The van der Waals surface area contributed by atoms with Crippen LogP contribution in [0.4, 0.5) is 0 Å². The van der Waals surface area contributed by atoms with Crippen molar-refractivity contribution in [2.45, 2.75) is 130 Å². The van der Waals surface area contributed by atoms with E-state index >= 15 is 0 Å². The van der Waals surface area contributed by atoms with Gasteiger partial charge in [0.05, 0.1) is 12.8 Å². The SMILES string of the molecule is CCCCCCCCCCCC/C=C/CCCC1N=CC[N+]1(CC)C(C)NC(C)=O. The maximum absolute atomic E-state index is 11.5. The van der Waals surface area contributed by atoms with Crippen LogP contribution >= 0.6 is 0 Å². The van der Waals surface area contributed by atoms with Crippen LogP contribution in [0, 0.1) is 0 Å². The monoisotopic (exact) mass is 420 g/mol. The maximum atomic E-state index is 11.5. The second-order valence-corrected chi connectivity index (χ2v) is 9.16. The molecule has 0 aromatic rings. The summed E-state index contributed by atoms with van der Waals surface area (Å²) in [5.74, 6) is 0.0500. The molecule has 1 amide bonds. The van der Waals surface area contributed by atoms with Crippen molar-refractivity contribution in [2.75, 3.05) is 13.1 Å². The van der Waals surface area contributed by atoms with E-state index in [0.717, 1.165) is 30.4 Å². The van der Waals surface area contributed by atoms with Crippen LogP contribution < -0.4 is 5.32 Å². The minimum absolute atomic E-state index is 0.0500. The Morgan fingerprint density at radius 1 is 1.00 bits per heavy atom. The Morgan fingerprint density at radius 3 is 2.13 bits per heavy atom. The normalized spacial score (nSPS) is 22.1. The van der Waals surface area contributed by atoms with E-state index in [0.29, 0.717) is 0 Å². The van der Waals surface area contributed by atoms with Crippen LogP contribution in [-0.2, 0) is 4.79 Å². The van der Waals surface area contributed by atoms with Crippen molar-refractivity contribution >= 4 is 12.1 Å². The van der Waals surface area contributed by atoms with Crippen molar-refractivity contribution in [3.05, 3.63) is 12.2 Å². The zero-order chi connectivity index (χ0) is 22.1. The number of nitrogens with zero attached hydrogens (tertiary/aromatic N) is 2. The van der Waals surface area contributed by atoms with Gasteiger partial charge in [0.15, 0.2) is 12.3 Å². The van der Waals surface area contributed by atoms with Gasteiger partial charge in [-0.25, -0.2) is 4.99 Å². The highest BCUT2D eigenvalue weighted by Gasteiger charge is 2.42. The van der Waals surface area contributed by atoms with E-state index in [1.807, 2.05) is 0 Å². The van der Waals surface area contributed by atoms with E-state index in [1.165, 1.54) is 77.0 Å². The lowest BCUT2D eigenvalue weighted by Gasteiger charge is -2.42. The van der Waals surface area contributed by atoms with Gasteiger partial charge >= 0.3 is 0 Å². The lowest BCUT2D eigenvalue weighted by Crippen LogP contribution is -2.63. The summed E-state index contributed by atoms with van der Waals surface area (Å²) in [5.41, 5.74) is 0. The molecule has 174 valence electrons. The number of hydrogen-bond donors (Lipinski definition) is 1. The van der Waals surface area contributed by atoms with Gasteiger partial charge in [-0.05, 0) is 32.6 Å². The molecule has 0 saturated carbocycles. The fourth-order valence-electron chi connectivity index (χ4n) is 4.76. The summed E-state index contributed by atoms with van der Waals surface area (Å²) in [7, 11) is 0. The maximum Gasteiger partial charge on any atom is 0.221 e. The van der Waals surface area contributed by atoms with Crippen molar-refractivity contribution in [1.82, 2.24) is 5.32 Å². The smallest absolute Gasteiger partial charge is 0.221 e. The van der Waals surface area contributed by atoms with Gasteiger partial charge in [0, 0.05) is 20.3 Å². The highest BCUT2D eigenvalue weighted by atomic mass is 16.1. The van der Waals surface area contributed by atoms with Crippen LogP contribution in [-0.4, -0.2) is 42.0 Å². The first-order chi connectivity index (χ1) is 14.6. The minimum atomic E-state index is 0.0500. The zero-order valence-electron chi connectivity index (χ0n) is 20.5. The molecule has 1 rings (SSSR count). The number of quaternary nitrogens is 1. The summed E-state index contributed by atoms with van der Waals surface area (Å²) < 4.78 is 0.863. The molecule has 4 nitrogen and oxygen atoms in total. The predicted octanol–water partition coefficient (Wildman–Crippen LogP) is 6.75. The second-order valence-electron chi connectivity index (χ2n) is 9.16. The van der Waals surface area contributed by atoms with Crippen LogP contribution in [0.25, 0.3) is 0 Å². The molecule has 0 aliphatic carbocycles. The molecule has 3 atom stereocenters. The third-order valence-corrected chi connectivity index (χ3v) is 6.79. The molecule has 3 unspecified atom stereocenters. The van der Waals surface area contributed by atoms with Gasteiger partial charge in [0.25, 0.3) is 0 Å². The number of carbonyl (C=O) groups excluding carboxylic acids is 1. The molecule has 0 radical (unpaired) electrons. The summed E-state index contributed by atoms with van der Waals surface area (Å²) in [6.07, 6.45) is 25.9. The van der Waals surface area contributed by atoms with Gasteiger partial charge in [0.1, 0.15) is 6.54 Å². The number of unbranched alkanes of at least 4 members (excludes halogenated alkanes) is 11. The number of allylic oxidation sites excluding steroid dienone is 2. The summed E-state index contributed by atoms with van der Waals surface area (Å²) in [6, 6.07) is 0. The standard InChI is InChI=1S/C26H49N3O/c1-5-7-8-9-10-11-12-13-14-15-16-17-18-19-20-21-26-27-22-23-29(26,6-2)24(3)28-25(4)30/h17-18,22,24,26H,5-16,19-21,23H2,1-4H3/p+1/b18-17+. The molecule has 4 heteroatoms. The highest BCUT2D eigenvalue weighted by molar-refractivity contribution is 5.73. The van der Waals surface area contributed by atoms with Gasteiger partial charge in [-0.2, -0.15) is 0 Å². The number of rotatable bonds is 18. The van der Waals surface area contributed by atoms with Gasteiger partial charge in [0.2, 0.25) is 5.91 Å². The van der Waals surface area contributed by atoms with Crippen molar-refractivity contribution < 1.29 is 9.28 Å². The van der Waals surface area contributed by atoms with Crippen LogP contribution in [0.3, 0.4) is 0 Å². The minimum Gasteiger partial charge on any atom is -0.307 e. The number of nitrogens with one attached hydrogen (secondary N) is 1. The second kappa shape index (κ2) is 16.5. The lowest BCUT2D eigenvalue weighted by molar-refractivity contribution is -0.959.